The minimum absolute atomic E-state index is 0.00280. The minimum Gasteiger partial charge on any atom is -0.349 e. The summed E-state index contributed by atoms with van der Waals surface area (Å²) in [5, 5.41) is 1.38. The van der Waals surface area contributed by atoms with Crippen LogP contribution in [-0.4, -0.2) is 55.5 Å². The molecule has 0 aromatic carbocycles. The van der Waals surface area contributed by atoms with Crippen LogP contribution >= 0.6 is 11.6 Å². The summed E-state index contributed by atoms with van der Waals surface area (Å²) >= 11 is 7.09. The monoisotopic (exact) mass is 574 g/mol. The number of amides is 1. The normalized spacial score (nSPS) is 25.9. The quantitative estimate of drug-likeness (QED) is 0.363. The van der Waals surface area contributed by atoms with Crippen LogP contribution in [0.5, 0.6) is 0 Å². The molecule has 8 nitrogen and oxygen atoms in total. The lowest BCUT2D eigenvalue weighted by Crippen LogP contribution is -2.58. The maximum Gasteiger partial charge on any atom is 0.355 e. The molecule has 3 aliphatic rings. The summed E-state index contributed by atoms with van der Waals surface area (Å²) in [6.45, 7) is 14.9. The van der Waals surface area contributed by atoms with Crippen LogP contribution in [0.25, 0.3) is 16.7 Å². The molecule has 0 radical (unpaired) electrons. The molecule has 2 saturated carbocycles. The smallest absolute Gasteiger partial charge is 0.349 e. The van der Waals surface area contributed by atoms with Gasteiger partial charge in [-0.25, -0.2) is 14.3 Å². The third-order valence-electron chi connectivity index (χ3n) is 9.57. The lowest BCUT2D eigenvalue weighted by atomic mass is 9.85. The Kier molecular flexibility index (Phi) is 6.96. The standard InChI is InChI=1S/C32H39ClN6O2/c1-7-25(40)37-16-21(6)38(17-20(37)5)29-23-14-24(33)28(32-12-9-8-10-22(32)15-32)35-30(23)39(31(41)36-29)27-19(4)11-13-34-26(27)18(2)3/h7,11,13-14,18,20-22H,1,8-10,12,15-17H2,2-6H3. The first-order valence-corrected chi connectivity index (χ1v) is 15.2. The van der Waals surface area contributed by atoms with E-state index in [-0.39, 0.29) is 35.0 Å². The van der Waals surface area contributed by atoms with Gasteiger partial charge in [-0.2, -0.15) is 4.98 Å². The van der Waals surface area contributed by atoms with Crippen molar-refractivity contribution in [3.8, 4) is 5.69 Å². The highest BCUT2D eigenvalue weighted by Gasteiger charge is 2.57. The maximum absolute atomic E-state index is 14.1. The summed E-state index contributed by atoms with van der Waals surface area (Å²) < 4.78 is 1.67. The zero-order chi connectivity index (χ0) is 29.2. The van der Waals surface area contributed by atoms with E-state index in [2.05, 4.69) is 37.2 Å². The molecule has 3 aromatic rings. The molecule has 216 valence electrons. The van der Waals surface area contributed by atoms with Gasteiger partial charge in [-0.05, 0) is 75.6 Å². The number of aromatic nitrogens is 4. The van der Waals surface area contributed by atoms with E-state index in [0.717, 1.165) is 40.9 Å². The van der Waals surface area contributed by atoms with E-state index in [1.807, 2.05) is 30.9 Å². The van der Waals surface area contributed by atoms with Crippen LogP contribution in [0.3, 0.4) is 0 Å². The average Bonchev–Trinajstić information content (AvgIpc) is 3.69. The van der Waals surface area contributed by atoms with Crippen molar-refractivity contribution < 1.29 is 4.79 Å². The van der Waals surface area contributed by atoms with E-state index >= 15 is 0 Å². The fourth-order valence-corrected chi connectivity index (χ4v) is 7.65. The Labute approximate surface area is 246 Å². The second kappa shape index (κ2) is 10.2. The van der Waals surface area contributed by atoms with Crippen molar-refractivity contribution in [3.05, 3.63) is 63.4 Å². The second-order valence-corrected chi connectivity index (χ2v) is 13.0. The Hall–Kier alpha value is -3.26. The highest BCUT2D eigenvalue weighted by Crippen LogP contribution is 2.63. The molecule has 0 bridgehead atoms. The lowest BCUT2D eigenvalue weighted by Gasteiger charge is -2.44. The molecule has 1 saturated heterocycles. The SMILES string of the molecule is C=CC(=O)N1CC(C)N(c2nc(=O)n(-c3c(C)ccnc3C(C)C)c3nc(C45CCCCC4C5)c(Cl)cc23)CC1C. The maximum atomic E-state index is 14.1. The van der Waals surface area contributed by atoms with Crippen molar-refractivity contribution in [2.45, 2.75) is 90.1 Å². The van der Waals surface area contributed by atoms with E-state index in [0.29, 0.717) is 35.5 Å². The first-order chi connectivity index (χ1) is 19.6. The van der Waals surface area contributed by atoms with Crippen LogP contribution in [0.15, 0.2) is 35.8 Å². The largest absolute Gasteiger partial charge is 0.355 e. The predicted octanol–water partition coefficient (Wildman–Crippen LogP) is 5.70. The number of rotatable bonds is 5. The van der Waals surface area contributed by atoms with Gasteiger partial charge < -0.3 is 9.80 Å². The van der Waals surface area contributed by atoms with Crippen molar-refractivity contribution in [2.24, 2.45) is 5.92 Å². The van der Waals surface area contributed by atoms with Crippen LogP contribution < -0.4 is 10.6 Å². The minimum atomic E-state index is -0.385. The molecular weight excluding hydrogens is 536 g/mol. The summed E-state index contributed by atoms with van der Waals surface area (Å²) in [6, 6.07) is 3.76. The Morgan fingerprint density at radius 3 is 2.68 bits per heavy atom. The van der Waals surface area contributed by atoms with Gasteiger partial charge >= 0.3 is 5.69 Å². The van der Waals surface area contributed by atoms with Gasteiger partial charge in [0, 0.05) is 36.8 Å². The molecule has 9 heteroatoms. The molecule has 0 N–H and O–H groups in total. The predicted molar refractivity (Wildman–Crippen MR) is 163 cm³/mol. The Morgan fingerprint density at radius 1 is 1.20 bits per heavy atom. The van der Waals surface area contributed by atoms with E-state index in [1.54, 1.807) is 10.8 Å². The number of carbonyl (C=O) groups is 1. The van der Waals surface area contributed by atoms with Gasteiger partial charge in [-0.1, -0.05) is 44.9 Å². The summed E-state index contributed by atoms with van der Waals surface area (Å²) in [4.78, 5) is 45.3. The summed E-state index contributed by atoms with van der Waals surface area (Å²) in [7, 11) is 0. The molecule has 3 aromatic heterocycles. The van der Waals surface area contributed by atoms with Gasteiger partial charge in [0.2, 0.25) is 5.91 Å². The summed E-state index contributed by atoms with van der Waals surface area (Å²) in [5.41, 5.74) is 3.62. The average molecular weight is 575 g/mol. The highest BCUT2D eigenvalue weighted by atomic mass is 35.5. The fourth-order valence-electron chi connectivity index (χ4n) is 7.31. The molecule has 3 fully saturated rings. The Bertz CT molecular complexity index is 1620. The van der Waals surface area contributed by atoms with E-state index in [4.69, 9.17) is 21.6 Å². The van der Waals surface area contributed by atoms with Crippen molar-refractivity contribution in [1.82, 2.24) is 24.4 Å². The number of pyridine rings is 2. The fraction of sp³-hybridized carbons (Fsp3) is 0.531. The molecule has 1 aliphatic heterocycles. The molecule has 4 heterocycles. The molecule has 2 aliphatic carbocycles. The number of anilines is 1. The number of piperazine rings is 1. The molecule has 1 amide bonds. The number of hydrogen-bond acceptors (Lipinski definition) is 6. The van der Waals surface area contributed by atoms with Crippen molar-refractivity contribution in [1.29, 1.82) is 0 Å². The van der Waals surface area contributed by atoms with E-state index in [9.17, 15) is 9.59 Å². The first-order valence-electron chi connectivity index (χ1n) is 14.9. The Balaban J connectivity index is 1.60. The number of halogens is 1. The van der Waals surface area contributed by atoms with E-state index < -0.39 is 0 Å². The number of aryl methyl sites for hydroxylation is 1. The molecule has 0 spiro atoms. The van der Waals surface area contributed by atoms with Crippen LogP contribution in [-0.2, 0) is 10.2 Å². The van der Waals surface area contributed by atoms with Crippen LogP contribution in [0.2, 0.25) is 5.02 Å². The van der Waals surface area contributed by atoms with Crippen molar-refractivity contribution in [3.63, 3.8) is 0 Å². The summed E-state index contributed by atoms with van der Waals surface area (Å²) in [5.74, 6) is 1.17. The van der Waals surface area contributed by atoms with Crippen LogP contribution in [0.4, 0.5) is 5.82 Å². The van der Waals surface area contributed by atoms with Crippen LogP contribution in [0, 0.1) is 12.8 Å². The lowest BCUT2D eigenvalue weighted by molar-refractivity contribution is -0.128. The number of nitrogens with zero attached hydrogens (tertiary/aromatic N) is 6. The topological polar surface area (TPSA) is 84.2 Å². The zero-order valence-electron chi connectivity index (χ0n) is 24.7. The Morgan fingerprint density at radius 2 is 1.98 bits per heavy atom. The number of hydrogen-bond donors (Lipinski definition) is 0. The van der Waals surface area contributed by atoms with Gasteiger partial charge in [0.1, 0.15) is 5.82 Å². The second-order valence-electron chi connectivity index (χ2n) is 12.6. The molecule has 6 rings (SSSR count). The van der Waals surface area contributed by atoms with Gasteiger partial charge in [-0.15, -0.1) is 0 Å². The van der Waals surface area contributed by atoms with Crippen molar-refractivity contribution in [2.75, 3.05) is 18.0 Å². The molecule has 41 heavy (non-hydrogen) atoms. The van der Waals surface area contributed by atoms with Gasteiger partial charge in [-0.3, -0.25) is 9.78 Å². The van der Waals surface area contributed by atoms with Gasteiger partial charge in [0.25, 0.3) is 0 Å². The first kappa shape index (κ1) is 27.9. The number of fused-ring (bicyclic) bond motifs is 2. The third-order valence-corrected chi connectivity index (χ3v) is 9.86. The third kappa shape index (κ3) is 4.46. The van der Waals surface area contributed by atoms with Gasteiger partial charge in [0.05, 0.1) is 27.5 Å². The summed E-state index contributed by atoms with van der Waals surface area (Å²) in [6.07, 6.45) is 8.95. The van der Waals surface area contributed by atoms with Gasteiger partial charge in [0.15, 0.2) is 5.65 Å². The van der Waals surface area contributed by atoms with Crippen LogP contribution in [0.1, 0.15) is 82.7 Å². The van der Waals surface area contributed by atoms with E-state index in [1.165, 1.54) is 25.3 Å². The highest BCUT2D eigenvalue weighted by molar-refractivity contribution is 6.32. The molecule has 4 atom stereocenters. The zero-order valence-corrected chi connectivity index (χ0v) is 25.4. The number of carbonyl (C=O) groups excluding carboxylic acids is 1. The molecular formula is C32H39ClN6O2. The molecule has 4 unspecified atom stereocenters. The van der Waals surface area contributed by atoms with Crippen molar-refractivity contribution >= 4 is 34.4 Å².